The number of hydrogen-bond acceptors (Lipinski definition) is 2. The van der Waals surface area contributed by atoms with E-state index in [1.54, 1.807) is 0 Å². The van der Waals surface area contributed by atoms with Crippen molar-refractivity contribution in [2.24, 2.45) is 16.2 Å². The van der Waals surface area contributed by atoms with Crippen LogP contribution < -0.4 is 5.32 Å². The van der Waals surface area contributed by atoms with Gasteiger partial charge >= 0.3 is 0 Å². The summed E-state index contributed by atoms with van der Waals surface area (Å²) in [6.45, 7) is 25.9. The summed E-state index contributed by atoms with van der Waals surface area (Å²) in [6, 6.07) is 0. The van der Waals surface area contributed by atoms with Crippen LogP contribution in [-0.2, 0) is 4.79 Å². The number of allylic oxidation sites excluding steroid dienone is 10. The minimum Gasteiger partial charge on any atom is -0.376 e. The van der Waals surface area contributed by atoms with Crippen LogP contribution in [0.5, 0.6) is 0 Å². The molecule has 0 spiro atoms. The van der Waals surface area contributed by atoms with Crippen LogP contribution in [-0.4, -0.2) is 11.3 Å². The summed E-state index contributed by atoms with van der Waals surface area (Å²) in [6.07, 6.45) is 18.9. The molecule has 2 heteroatoms. The summed E-state index contributed by atoms with van der Waals surface area (Å²) in [4.78, 5) is 13.7. The molecule has 0 amide bonds. The van der Waals surface area contributed by atoms with Gasteiger partial charge in [-0.1, -0.05) is 97.6 Å². The van der Waals surface area contributed by atoms with Crippen LogP contribution in [0.1, 0.15) is 82.1 Å². The molecule has 0 unspecified atom stereocenters. The van der Waals surface area contributed by atoms with Gasteiger partial charge in [-0.3, -0.25) is 4.79 Å². The Morgan fingerprint density at radius 2 is 1.30 bits per heavy atom. The fourth-order valence-electron chi connectivity index (χ4n) is 4.04. The summed E-state index contributed by atoms with van der Waals surface area (Å²) in [7, 11) is 0. The highest BCUT2D eigenvalue weighted by Crippen LogP contribution is 2.36. The lowest BCUT2D eigenvalue weighted by Gasteiger charge is -2.33. The first-order valence-electron chi connectivity index (χ1n) is 12.3. The lowest BCUT2D eigenvalue weighted by Crippen LogP contribution is -2.42. The molecule has 2 aliphatic carbocycles. The molecule has 0 heterocycles. The van der Waals surface area contributed by atoms with E-state index in [2.05, 4.69) is 124 Å². The molecule has 0 aromatic heterocycles. The SMILES string of the molecule is C=C(C1=C(C)C=CC(C)(C)C=C1)C(C)(C)NC1=C(C(=O)C(C)(CC)CC)C=CC(C)(C)C=C1. The maximum atomic E-state index is 13.7. The van der Waals surface area contributed by atoms with E-state index >= 15 is 0 Å². The van der Waals surface area contributed by atoms with E-state index in [0.29, 0.717) is 0 Å². The molecule has 0 aliphatic heterocycles. The molecule has 0 fully saturated rings. The molecule has 180 valence electrons. The van der Waals surface area contributed by atoms with Gasteiger partial charge in [-0.05, 0) is 56.4 Å². The zero-order valence-corrected chi connectivity index (χ0v) is 22.6. The molecule has 0 aromatic carbocycles. The zero-order valence-electron chi connectivity index (χ0n) is 22.6. The molecule has 0 bridgehead atoms. The maximum Gasteiger partial charge on any atom is 0.170 e. The van der Waals surface area contributed by atoms with Crippen molar-refractivity contribution in [3.05, 3.63) is 83.2 Å². The van der Waals surface area contributed by atoms with Gasteiger partial charge in [-0.25, -0.2) is 0 Å². The van der Waals surface area contributed by atoms with Crippen molar-refractivity contribution in [2.45, 2.75) is 87.6 Å². The average Bonchev–Trinajstić information content (AvgIpc) is 2.97. The van der Waals surface area contributed by atoms with Crippen LogP contribution in [0, 0.1) is 16.2 Å². The Hall–Kier alpha value is -2.35. The lowest BCUT2D eigenvalue weighted by atomic mass is 9.76. The standard InChI is InChI=1S/C31H45NO/c1-12-31(11,13-2)27(33)25-16-20-29(7,8)21-17-26(25)32-30(9,10)23(4)24-15-19-28(5,6)18-14-22(24)3/h14-21,32H,4,12-13H2,1-3,5-11H3. The smallest absolute Gasteiger partial charge is 0.170 e. The maximum absolute atomic E-state index is 13.7. The third-order valence-corrected chi connectivity index (χ3v) is 7.40. The number of carbonyl (C=O) groups is 1. The van der Waals surface area contributed by atoms with Crippen LogP contribution in [0.3, 0.4) is 0 Å². The zero-order chi connectivity index (χ0) is 25.2. The number of hydrogen-bond donors (Lipinski definition) is 1. The third-order valence-electron chi connectivity index (χ3n) is 7.40. The highest BCUT2D eigenvalue weighted by molar-refractivity contribution is 6.03. The Bertz CT molecular complexity index is 982. The Labute approximate surface area is 203 Å². The van der Waals surface area contributed by atoms with Gasteiger partial charge in [-0.15, -0.1) is 0 Å². The van der Waals surface area contributed by atoms with Crippen LogP contribution in [0.25, 0.3) is 0 Å². The normalized spacial score (nSPS) is 20.1. The molecule has 1 N–H and O–H groups in total. The molecule has 0 atom stereocenters. The molecule has 2 nitrogen and oxygen atoms in total. The summed E-state index contributed by atoms with van der Waals surface area (Å²) in [5.74, 6) is 0.199. The van der Waals surface area contributed by atoms with Crippen LogP contribution in [0.15, 0.2) is 83.2 Å². The Balaban J connectivity index is 2.54. The monoisotopic (exact) mass is 447 g/mol. The van der Waals surface area contributed by atoms with Crippen molar-refractivity contribution < 1.29 is 4.79 Å². The third kappa shape index (κ3) is 6.16. The number of ketones is 1. The number of carbonyl (C=O) groups excluding carboxylic acids is 1. The van der Waals surface area contributed by atoms with Crippen LogP contribution in [0.2, 0.25) is 0 Å². The van der Waals surface area contributed by atoms with E-state index in [4.69, 9.17) is 0 Å². The minimum absolute atomic E-state index is 0.00808. The van der Waals surface area contributed by atoms with E-state index in [1.165, 1.54) is 5.57 Å². The average molecular weight is 448 g/mol. The number of nitrogens with one attached hydrogen (secondary N) is 1. The summed E-state index contributed by atoms with van der Waals surface area (Å²) >= 11 is 0. The molecular formula is C31H45NO. The summed E-state index contributed by atoms with van der Waals surface area (Å²) in [5, 5.41) is 3.71. The highest BCUT2D eigenvalue weighted by atomic mass is 16.1. The van der Waals surface area contributed by atoms with Gasteiger partial charge in [0.1, 0.15) is 0 Å². The fraction of sp³-hybridized carbons (Fsp3) is 0.516. The predicted molar refractivity (Wildman–Crippen MR) is 144 cm³/mol. The predicted octanol–water partition coefficient (Wildman–Crippen LogP) is 8.18. The minimum atomic E-state index is -0.453. The molecule has 0 saturated carbocycles. The van der Waals surface area contributed by atoms with Crippen molar-refractivity contribution in [1.29, 1.82) is 0 Å². The second-order valence-corrected chi connectivity index (χ2v) is 11.7. The van der Waals surface area contributed by atoms with E-state index in [9.17, 15) is 4.79 Å². The molecule has 0 saturated heterocycles. The van der Waals surface area contributed by atoms with Gasteiger partial charge in [0.15, 0.2) is 5.78 Å². The molecule has 0 aromatic rings. The second kappa shape index (κ2) is 9.49. The van der Waals surface area contributed by atoms with Gasteiger partial charge in [0, 0.05) is 27.5 Å². The molecular weight excluding hydrogens is 402 g/mol. The Morgan fingerprint density at radius 3 is 1.82 bits per heavy atom. The van der Waals surface area contributed by atoms with Crippen molar-refractivity contribution in [3.8, 4) is 0 Å². The van der Waals surface area contributed by atoms with E-state index < -0.39 is 5.54 Å². The van der Waals surface area contributed by atoms with Crippen molar-refractivity contribution in [3.63, 3.8) is 0 Å². The largest absolute Gasteiger partial charge is 0.376 e. The van der Waals surface area contributed by atoms with Gasteiger partial charge in [0.05, 0.1) is 5.54 Å². The van der Waals surface area contributed by atoms with Crippen LogP contribution in [0.4, 0.5) is 0 Å². The molecule has 2 aliphatic rings. The highest BCUT2D eigenvalue weighted by Gasteiger charge is 2.34. The molecule has 2 rings (SSSR count). The fourth-order valence-corrected chi connectivity index (χ4v) is 4.04. The quantitative estimate of drug-likeness (QED) is 0.406. The van der Waals surface area contributed by atoms with Gasteiger partial charge in [0.25, 0.3) is 0 Å². The number of rotatable bonds is 8. The second-order valence-electron chi connectivity index (χ2n) is 11.7. The summed E-state index contributed by atoms with van der Waals surface area (Å²) < 4.78 is 0. The van der Waals surface area contributed by atoms with Crippen LogP contribution >= 0.6 is 0 Å². The topological polar surface area (TPSA) is 29.1 Å². The van der Waals surface area contributed by atoms with Crippen molar-refractivity contribution in [2.75, 3.05) is 0 Å². The first-order valence-corrected chi connectivity index (χ1v) is 12.3. The van der Waals surface area contributed by atoms with E-state index in [0.717, 1.165) is 35.3 Å². The number of Topliss-reactive ketones (excluding diaryl/α,β-unsaturated/α-hetero) is 1. The van der Waals surface area contributed by atoms with Crippen molar-refractivity contribution >= 4 is 5.78 Å². The first-order chi connectivity index (χ1) is 15.1. The lowest BCUT2D eigenvalue weighted by molar-refractivity contribution is -0.124. The Kier molecular flexibility index (Phi) is 7.73. The van der Waals surface area contributed by atoms with Gasteiger partial charge < -0.3 is 5.32 Å². The van der Waals surface area contributed by atoms with E-state index in [1.807, 2.05) is 6.08 Å². The van der Waals surface area contributed by atoms with Gasteiger partial charge in [0.2, 0.25) is 0 Å². The van der Waals surface area contributed by atoms with Gasteiger partial charge in [-0.2, -0.15) is 0 Å². The molecule has 0 radical (unpaired) electrons. The van der Waals surface area contributed by atoms with E-state index in [-0.39, 0.29) is 22.0 Å². The molecule has 33 heavy (non-hydrogen) atoms. The van der Waals surface area contributed by atoms with Crippen molar-refractivity contribution in [1.82, 2.24) is 5.32 Å². The first kappa shape index (κ1) is 26.9. The Morgan fingerprint density at radius 1 is 0.848 bits per heavy atom. The summed E-state index contributed by atoms with van der Waals surface area (Å²) in [5.41, 5.74) is 4.03.